The molecule has 188 valence electrons. The van der Waals surface area contributed by atoms with E-state index < -0.39 is 11.4 Å². The maximum atomic E-state index is 14.3. The first-order valence-corrected chi connectivity index (χ1v) is 11.8. The first-order chi connectivity index (χ1) is 16.6. The molecular weight excluding hydrogens is 449 g/mol. The van der Waals surface area contributed by atoms with Crippen LogP contribution in [0.15, 0.2) is 41.8 Å². The van der Waals surface area contributed by atoms with E-state index in [2.05, 4.69) is 19.9 Å². The van der Waals surface area contributed by atoms with Gasteiger partial charge in [0.05, 0.1) is 17.6 Å². The van der Waals surface area contributed by atoms with E-state index in [1.54, 1.807) is 40.9 Å². The summed E-state index contributed by atoms with van der Waals surface area (Å²) in [4.78, 5) is 29.0. The third kappa shape index (κ3) is 6.46. The van der Waals surface area contributed by atoms with Crippen molar-refractivity contribution in [2.24, 2.45) is 10.7 Å². The number of carbonyl (C=O) groups is 1. The number of hydrogen-bond donors (Lipinski definition) is 1. The topological polar surface area (TPSA) is 101 Å². The number of carbonyl (C=O) groups excluding carboxylic acids is 1. The molecule has 3 aromatic rings. The number of amides is 1. The zero-order chi connectivity index (χ0) is 25.8. The Morgan fingerprint density at radius 1 is 1.14 bits per heavy atom. The molecule has 4 rings (SSSR count). The van der Waals surface area contributed by atoms with E-state index in [0.717, 1.165) is 5.69 Å². The first-order valence-electron chi connectivity index (χ1n) is 11.8. The van der Waals surface area contributed by atoms with Gasteiger partial charge in [-0.15, -0.1) is 0 Å². The Bertz CT molecular complexity index is 1190. The fourth-order valence-corrected chi connectivity index (χ4v) is 3.61. The van der Waals surface area contributed by atoms with Gasteiger partial charge in [-0.05, 0) is 45.9 Å². The molecule has 1 aliphatic rings. The second-order valence-corrected chi connectivity index (χ2v) is 9.02. The van der Waals surface area contributed by atoms with Crippen LogP contribution in [0.2, 0.25) is 0 Å². The molecule has 3 aromatic heterocycles. The lowest BCUT2D eigenvalue weighted by Gasteiger charge is -2.36. The maximum absolute atomic E-state index is 14.3. The van der Waals surface area contributed by atoms with Crippen molar-refractivity contribution in [3.8, 4) is 0 Å². The van der Waals surface area contributed by atoms with Crippen LogP contribution in [-0.4, -0.2) is 63.0 Å². The first kappa shape index (κ1) is 25.9. The molecule has 1 fully saturated rings. The van der Waals surface area contributed by atoms with Crippen molar-refractivity contribution < 1.29 is 13.9 Å². The molecule has 0 aromatic carbocycles. The minimum absolute atomic E-state index is 0.161. The van der Waals surface area contributed by atoms with Crippen molar-refractivity contribution in [1.29, 1.82) is 0 Å². The third-order valence-corrected chi connectivity index (χ3v) is 5.19. The van der Waals surface area contributed by atoms with Gasteiger partial charge in [-0.1, -0.05) is 13.8 Å². The van der Waals surface area contributed by atoms with Crippen molar-refractivity contribution in [2.75, 3.05) is 31.1 Å². The number of aryl methyl sites for hydroxylation is 1. The molecule has 0 saturated carbocycles. The predicted octanol–water partition coefficient (Wildman–Crippen LogP) is 4.30. The second kappa shape index (κ2) is 10.7. The molecule has 0 unspecified atom stereocenters. The Labute approximate surface area is 205 Å². The highest BCUT2D eigenvalue weighted by Gasteiger charge is 2.26. The number of pyridine rings is 2. The summed E-state index contributed by atoms with van der Waals surface area (Å²) in [6.07, 6.45) is 4.85. The molecule has 0 spiro atoms. The van der Waals surface area contributed by atoms with Crippen LogP contribution in [0.5, 0.6) is 0 Å². The third-order valence-electron chi connectivity index (χ3n) is 5.19. The standard InChI is InChI=1S/C23H28FN7O2.C2H6/c1-15-13-31-14-16(11-18(24)21(31)27-15)20(25)28-19-6-5-17(12-26-19)29-7-9-30(10-8-29)22(32)33-23(2,3)4;1-2/h5-6,11-14H,7-10H2,1-4H3,(H2,25,26,28);1-2H3. The Kier molecular flexibility index (Phi) is 7.93. The summed E-state index contributed by atoms with van der Waals surface area (Å²) in [6, 6.07) is 4.99. The molecule has 1 saturated heterocycles. The average Bonchev–Trinajstić information content (AvgIpc) is 3.21. The molecule has 0 bridgehead atoms. The molecule has 2 N–H and O–H groups in total. The van der Waals surface area contributed by atoms with Crippen LogP contribution in [-0.2, 0) is 4.74 Å². The number of halogens is 1. The number of rotatable bonds is 3. The highest BCUT2D eigenvalue weighted by Crippen LogP contribution is 2.20. The van der Waals surface area contributed by atoms with E-state index in [1.807, 2.05) is 40.7 Å². The summed E-state index contributed by atoms with van der Waals surface area (Å²) >= 11 is 0. The quantitative estimate of drug-likeness (QED) is 0.440. The zero-order valence-electron chi connectivity index (χ0n) is 21.2. The number of hydrogen-bond acceptors (Lipinski definition) is 6. The van der Waals surface area contributed by atoms with E-state index in [4.69, 9.17) is 10.5 Å². The van der Waals surface area contributed by atoms with Crippen LogP contribution in [0, 0.1) is 12.7 Å². The van der Waals surface area contributed by atoms with Crippen molar-refractivity contribution in [2.45, 2.75) is 47.1 Å². The molecular formula is C25H34FN7O2. The number of amidine groups is 1. The number of imidazole rings is 1. The van der Waals surface area contributed by atoms with Gasteiger partial charge >= 0.3 is 6.09 Å². The number of aliphatic imine (C=N–C) groups is 1. The van der Waals surface area contributed by atoms with Crippen molar-refractivity contribution in [3.05, 3.63) is 53.9 Å². The summed E-state index contributed by atoms with van der Waals surface area (Å²) < 4.78 is 21.4. The smallest absolute Gasteiger partial charge is 0.410 e. The lowest BCUT2D eigenvalue weighted by molar-refractivity contribution is 0.0240. The van der Waals surface area contributed by atoms with Gasteiger partial charge in [0.25, 0.3) is 0 Å². The number of nitrogens with two attached hydrogens (primary N) is 1. The summed E-state index contributed by atoms with van der Waals surface area (Å²) in [5.74, 6) is 0.118. The number of anilines is 1. The molecule has 1 amide bonds. The second-order valence-electron chi connectivity index (χ2n) is 9.02. The van der Waals surface area contributed by atoms with Gasteiger partial charge in [0.15, 0.2) is 17.3 Å². The van der Waals surface area contributed by atoms with Crippen LogP contribution in [0.3, 0.4) is 0 Å². The molecule has 35 heavy (non-hydrogen) atoms. The van der Waals surface area contributed by atoms with Crippen molar-refractivity contribution >= 4 is 29.1 Å². The SMILES string of the molecule is CC.Cc1cn2cc(C(N)=Nc3ccc(N4CCN(C(=O)OC(C)(C)C)CC4)cn3)cc(F)c2n1. The number of fused-ring (bicyclic) bond motifs is 1. The number of nitrogens with zero attached hydrogens (tertiary/aromatic N) is 6. The van der Waals surface area contributed by atoms with Crippen LogP contribution in [0.4, 0.5) is 20.7 Å². The highest BCUT2D eigenvalue weighted by atomic mass is 19.1. The minimum atomic E-state index is -0.508. The van der Waals surface area contributed by atoms with Gasteiger partial charge in [0, 0.05) is 44.1 Å². The lowest BCUT2D eigenvalue weighted by Crippen LogP contribution is -2.50. The van der Waals surface area contributed by atoms with Crippen LogP contribution >= 0.6 is 0 Å². The number of piperazine rings is 1. The van der Waals surface area contributed by atoms with E-state index in [0.29, 0.717) is 43.3 Å². The zero-order valence-corrected chi connectivity index (χ0v) is 21.2. The molecule has 1 aliphatic heterocycles. The Morgan fingerprint density at radius 3 is 2.43 bits per heavy atom. The fraction of sp³-hybridized carbons (Fsp3) is 0.440. The summed E-state index contributed by atoms with van der Waals surface area (Å²) in [6.45, 7) is 13.9. The van der Waals surface area contributed by atoms with E-state index in [1.165, 1.54) is 6.07 Å². The van der Waals surface area contributed by atoms with E-state index >= 15 is 0 Å². The van der Waals surface area contributed by atoms with Gasteiger partial charge < -0.3 is 24.7 Å². The van der Waals surface area contributed by atoms with Crippen LogP contribution in [0.1, 0.15) is 45.9 Å². The van der Waals surface area contributed by atoms with E-state index in [-0.39, 0.29) is 17.6 Å². The monoisotopic (exact) mass is 483 g/mol. The predicted molar refractivity (Wildman–Crippen MR) is 136 cm³/mol. The van der Waals surface area contributed by atoms with Gasteiger partial charge in [0.1, 0.15) is 11.4 Å². The lowest BCUT2D eigenvalue weighted by atomic mass is 10.2. The van der Waals surface area contributed by atoms with Crippen molar-refractivity contribution in [1.82, 2.24) is 19.3 Å². The molecule has 0 radical (unpaired) electrons. The van der Waals surface area contributed by atoms with Crippen LogP contribution < -0.4 is 10.6 Å². The van der Waals surface area contributed by atoms with Gasteiger partial charge in [-0.3, -0.25) is 0 Å². The molecule has 10 heteroatoms. The molecule has 4 heterocycles. The minimum Gasteiger partial charge on any atom is -0.444 e. The molecule has 0 atom stereocenters. The number of aromatic nitrogens is 3. The summed E-state index contributed by atoms with van der Waals surface area (Å²) in [7, 11) is 0. The normalized spacial score (nSPS) is 14.5. The van der Waals surface area contributed by atoms with Crippen molar-refractivity contribution in [3.63, 3.8) is 0 Å². The largest absolute Gasteiger partial charge is 0.444 e. The average molecular weight is 484 g/mol. The van der Waals surface area contributed by atoms with Gasteiger partial charge in [0.2, 0.25) is 0 Å². The molecule has 9 nitrogen and oxygen atoms in total. The fourth-order valence-electron chi connectivity index (χ4n) is 3.61. The highest BCUT2D eigenvalue weighted by molar-refractivity contribution is 5.98. The van der Waals surface area contributed by atoms with Gasteiger partial charge in [-0.25, -0.2) is 24.1 Å². The van der Waals surface area contributed by atoms with E-state index in [9.17, 15) is 9.18 Å². The Morgan fingerprint density at radius 2 is 1.83 bits per heavy atom. The van der Waals surface area contributed by atoms with Crippen LogP contribution in [0.25, 0.3) is 5.65 Å². The van der Waals surface area contributed by atoms with Gasteiger partial charge in [-0.2, -0.15) is 0 Å². The summed E-state index contributed by atoms with van der Waals surface area (Å²) in [5.41, 5.74) is 7.94. The number of ether oxygens (including phenoxy) is 1. The molecule has 0 aliphatic carbocycles. The Hall–Kier alpha value is -3.69. The maximum Gasteiger partial charge on any atom is 0.410 e. The summed E-state index contributed by atoms with van der Waals surface area (Å²) in [5, 5.41) is 0. The Balaban J connectivity index is 0.00000167.